The number of piperazine rings is 1. The predicted molar refractivity (Wildman–Crippen MR) is 121 cm³/mol. The van der Waals surface area contributed by atoms with Crippen molar-refractivity contribution in [3.8, 4) is 17.0 Å². The minimum atomic E-state index is -2.95. The normalized spacial score (nSPS) is 33.4. The van der Waals surface area contributed by atoms with Crippen LogP contribution < -0.4 is 10.5 Å². The van der Waals surface area contributed by atoms with Crippen LogP contribution >= 0.6 is 0 Å². The summed E-state index contributed by atoms with van der Waals surface area (Å²) < 4.78 is 32.1. The summed E-state index contributed by atoms with van der Waals surface area (Å²) in [5.41, 5.74) is 8.34. The van der Waals surface area contributed by atoms with Crippen LogP contribution in [0.15, 0.2) is 18.3 Å². The van der Waals surface area contributed by atoms with Gasteiger partial charge in [-0.3, -0.25) is 9.58 Å². The smallest absolute Gasteiger partial charge is 0.387 e. The number of anilines is 1. The van der Waals surface area contributed by atoms with Crippen LogP contribution in [0, 0.1) is 11.8 Å². The highest BCUT2D eigenvalue weighted by molar-refractivity contribution is 5.64. The summed E-state index contributed by atoms with van der Waals surface area (Å²) in [5.74, 6) is 1.81. The van der Waals surface area contributed by atoms with Gasteiger partial charge in [0.2, 0.25) is 0 Å². The Morgan fingerprint density at radius 1 is 1.06 bits per heavy atom. The summed E-state index contributed by atoms with van der Waals surface area (Å²) >= 11 is 0. The zero-order valence-electron chi connectivity index (χ0n) is 19.4. The highest BCUT2D eigenvalue weighted by atomic mass is 19.3. The van der Waals surface area contributed by atoms with Gasteiger partial charge in [0.25, 0.3) is 0 Å². The number of rotatable bonds is 6. The van der Waals surface area contributed by atoms with E-state index in [1.54, 1.807) is 6.20 Å². The Hall–Kier alpha value is -2.26. The van der Waals surface area contributed by atoms with Crippen molar-refractivity contribution in [2.45, 2.75) is 69.8 Å². The third-order valence-electron chi connectivity index (χ3n) is 8.43. The van der Waals surface area contributed by atoms with Gasteiger partial charge in [0.05, 0.1) is 5.69 Å². The van der Waals surface area contributed by atoms with Gasteiger partial charge >= 0.3 is 6.61 Å². The Labute approximate surface area is 192 Å². The van der Waals surface area contributed by atoms with Gasteiger partial charge in [0, 0.05) is 60.6 Å². The molecule has 2 aromatic rings. The quantitative estimate of drug-likeness (QED) is 0.713. The molecule has 4 heterocycles. The highest BCUT2D eigenvalue weighted by Gasteiger charge is 2.60. The van der Waals surface area contributed by atoms with Gasteiger partial charge in [0.15, 0.2) is 11.6 Å². The van der Waals surface area contributed by atoms with Crippen molar-refractivity contribution in [1.82, 2.24) is 24.6 Å². The number of nitrogens with zero attached hydrogens (tertiary/aromatic N) is 5. The molecule has 2 bridgehead atoms. The molecule has 2 saturated heterocycles. The highest BCUT2D eigenvalue weighted by Crippen LogP contribution is 2.64. The van der Waals surface area contributed by atoms with E-state index in [0.29, 0.717) is 11.5 Å². The fourth-order valence-corrected chi connectivity index (χ4v) is 6.86. The monoisotopic (exact) mass is 458 g/mol. The summed E-state index contributed by atoms with van der Waals surface area (Å²) in [4.78, 5) is 9.36. The zero-order chi connectivity index (χ0) is 23.0. The lowest BCUT2D eigenvalue weighted by Gasteiger charge is -2.37. The minimum Gasteiger partial charge on any atom is -0.431 e. The van der Waals surface area contributed by atoms with Crippen LogP contribution in [-0.4, -0.2) is 69.4 Å². The second kappa shape index (κ2) is 7.63. The summed E-state index contributed by atoms with van der Waals surface area (Å²) in [6.45, 7) is 3.77. The zero-order valence-corrected chi connectivity index (χ0v) is 19.4. The van der Waals surface area contributed by atoms with Crippen molar-refractivity contribution in [1.29, 1.82) is 0 Å². The third-order valence-corrected chi connectivity index (χ3v) is 8.43. The Balaban J connectivity index is 1.20. The average molecular weight is 459 g/mol. The van der Waals surface area contributed by atoms with Crippen molar-refractivity contribution in [3.05, 3.63) is 24.0 Å². The number of fused-ring (bicyclic) bond motifs is 3. The van der Waals surface area contributed by atoms with Crippen LogP contribution in [0.5, 0.6) is 5.75 Å². The predicted octanol–water partition coefficient (Wildman–Crippen LogP) is 3.59. The topological polar surface area (TPSA) is 72.4 Å². The van der Waals surface area contributed by atoms with Crippen molar-refractivity contribution in [2.24, 2.45) is 11.8 Å². The van der Waals surface area contributed by atoms with Gasteiger partial charge in [-0.05, 0) is 64.1 Å². The first-order valence-corrected chi connectivity index (χ1v) is 12.1. The third kappa shape index (κ3) is 3.51. The van der Waals surface area contributed by atoms with Crippen molar-refractivity contribution in [3.63, 3.8) is 0 Å². The summed E-state index contributed by atoms with van der Waals surface area (Å²) in [6, 6.07) is 6.06. The van der Waals surface area contributed by atoms with Gasteiger partial charge in [0.1, 0.15) is 0 Å². The number of halogens is 2. The summed E-state index contributed by atoms with van der Waals surface area (Å²) in [7, 11) is 2.26. The lowest BCUT2D eigenvalue weighted by Crippen LogP contribution is -2.48. The summed E-state index contributed by atoms with van der Waals surface area (Å²) in [5, 5.41) is 4.83. The summed E-state index contributed by atoms with van der Waals surface area (Å²) in [6.07, 6.45) is 5.46. The van der Waals surface area contributed by atoms with E-state index in [1.165, 1.54) is 44.1 Å². The van der Waals surface area contributed by atoms with Gasteiger partial charge in [-0.25, -0.2) is 4.98 Å². The Morgan fingerprint density at radius 3 is 2.42 bits per heavy atom. The number of aromatic nitrogens is 3. The first-order valence-electron chi connectivity index (χ1n) is 12.1. The second-order valence-corrected chi connectivity index (χ2v) is 10.6. The molecule has 2 unspecified atom stereocenters. The van der Waals surface area contributed by atoms with E-state index in [-0.39, 0.29) is 17.6 Å². The molecule has 178 valence electrons. The largest absolute Gasteiger partial charge is 0.431 e. The first-order chi connectivity index (χ1) is 15.8. The van der Waals surface area contributed by atoms with Crippen LogP contribution in [0.25, 0.3) is 11.3 Å². The lowest BCUT2D eigenvalue weighted by molar-refractivity contribution is -0.0494. The molecule has 6 rings (SSSR count). The Kier molecular flexibility index (Phi) is 4.92. The number of hydrogen-bond acceptors (Lipinski definition) is 6. The second-order valence-electron chi connectivity index (χ2n) is 10.6. The van der Waals surface area contributed by atoms with Crippen LogP contribution in [0.3, 0.4) is 0 Å². The number of pyridine rings is 1. The number of alkyl halides is 2. The van der Waals surface area contributed by atoms with Crippen LogP contribution in [0.4, 0.5) is 14.6 Å². The van der Waals surface area contributed by atoms with Crippen LogP contribution in [-0.2, 0) is 0 Å². The molecule has 4 aliphatic rings. The molecule has 0 radical (unpaired) electrons. The van der Waals surface area contributed by atoms with Crippen molar-refractivity contribution < 1.29 is 13.5 Å². The van der Waals surface area contributed by atoms with E-state index in [1.807, 2.05) is 0 Å². The van der Waals surface area contributed by atoms with Crippen molar-refractivity contribution in [2.75, 3.05) is 25.9 Å². The maximum absolute atomic E-state index is 12.7. The fraction of sp³-hybridized carbons (Fsp3) is 0.667. The molecule has 2 aliphatic carbocycles. The minimum absolute atomic E-state index is 0.0489. The Morgan fingerprint density at radius 2 is 1.82 bits per heavy atom. The molecule has 9 heteroatoms. The maximum Gasteiger partial charge on any atom is 0.387 e. The van der Waals surface area contributed by atoms with Crippen LogP contribution in [0.1, 0.15) is 50.8 Å². The molecule has 0 amide bonds. The van der Waals surface area contributed by atoms with E-state index in [9.17, 15) is 8.78 Å². The molecule has 0 aromatic carbocycles. The van der Waals surface area contributed by atoms with E-state index < -0.39 is 6.61 Å². The number of ether oxygens (including phenoxy) is 1. The molecule has 6 atom stereocenters. The van der Waals surface area contributed by atoms with E-state index in [2.05, 4.69) is 51.2 Å². The molecular formula is C24H32F2N6O. The fourth-order valence-electron chi connectivity index (χ4n) is 6.86. The van der Waals surface area contributed by atoms with Gasteiger partial charge in [-0.1, -0.05) is 0 Å². The molecule has 2 aliphatic heterocycles. The number of hydrogen-bond donors (Lipinski definition) is 1. The Bertz CT molecular complexity index is 1040. The first kappa shape index (κ1) is 21.3. The molecule has 7 nitrogen and oxygen atoms in total. The van der Waals surface area contributed by atoms with E-state index in [4.69, 9.17) is 10.8 Å². The maximum atomic E-state index is 12.7. The van der Waals surface area contributed by atoms with Gasteiger partial charge in [-0.2, -0.15) is 13.9 Å². The SMILES string of the molecule is CC(C)n1nc(-c2cnc(N)c(OC(F)F)c2)cc1C1[C@H]2CC(N3C[C@@H]4C[C@H]3CN4C)C[C@@H]12. The molecule has 2 aromatic heterocycles. The van der Waals surface area contributed by atoms with Gasteiger partial charge in [-0.15, -0.1) is 0 Å². The number of likely N-dealkylation sites (N-methyl/N-ethyl adjacent to an activating group) is 1. The van der Waals surface area contributed by atoms with Gasteiger partial charge < -0.3 is 15.4 Å². The molecular weight excluding hydrogens is 426 g/mol. The van der Waals surface area contributed by atoms with Crippen molar-refractivity contribution >= 4 is 5.82 Å². The molecule has 0 spiro atoms. The number of likely N-dealkylation sites (tertiary alicyclic amines) is 2. The standard InChI is InChI=1S/C24H32F2N6O/c1-12(2)32-20(8-19(29-32)13-4-21(33-24(25)26)23(27)28-9-13)22-17-6-14(7-18(17)22)31-11-15-5-16(31)10-30(15)3/h4,8-9,12,14-18,22,24H,5-7,10-11H2,1-3H3,(H2,27,28)/t14?,15-,16-,17-,18+,22?/m0/s1. The molecule has 4 fully saturated rings. The number of nitrogens with two attached hydrogens (primary N) is 1. The lowest BCUT2D eigenvalue weighted by atomic mass is 10.0. The van der Waals surface area contributed by atoms with E-state index >= 15 is 0 Å². The number of nitrogen functional groups attached to an aromatic ring is 1. The van der Waals surface area contributed by atoms with E-state index in [0.717, 1.165) is 35.7 Å². The molecule has 33 heavy (non-hydrogen) atoms. The average Bonchev–Trinajstić information content (AvgIpc) is 3.29. The molecule has 2 saturated carbocycles. The van der Waals surface area contributed by atoms with Crippen LogP contribution in [0.2, 0.25) is 0 Å². The molecule has 2 N–H and O–H groups in total.